The van der Waals surface area contributed by atoms with Gasteiger partial charge in [-0.3, -0.25) is 9.59 Å². The zero-order chi connectivity index (χ0) is 15.4. The van der Waals surface area contributed by atoms with Crippen LogP contribution in [0.15, 0.2) is 29.4 Å². The Labute approximate surface area is 126 Å². The van der Waals surface area contributed by atoms with Crippen LogP contribution in [-0.2, 0) is 11.8 Å². The number of amides is 1. The molecule has 8 heteroatoms. The quantitative estimate of drug-likeness (QED) is 0.665. The highest BCUT2D eigenvalue weighted by atomic mass is 32.2. The summed E-state index contributed by atoms with van der Waals surface area (Å²) in [6.45, 7) is 3.25. The van der Waals surface area contributed by atoms with Gasteiger partial charge < -0.3 is 5.32 Å². The number of aryl methyl sites for hydroxylation is 1. The minimum Gasteiger partial charge on any atom is -0.325 e. The molecule has 1 aromatic heterocycles. The van der Waals surface area contributed by atoms with Gasteiger partial charge >= 0.3 is 0 Å². The first-order valence-electron chi connectivity index (χ1n) is 6.28. The van der Waals surface area contributed by atoms with E-state index in [1.54, 1.807) is 38.2 Å². The summed E-state index contributed by atoms with van der Waals surface area (Å²) in [5.74, 6) is -0.220. The second-order valence-electron chi connectivity index (χ2n) is 4.47. The van der Waals surface area contributed by atoms with E-state index >= 15 is 0 Å². The smallest absolute Gasteiger partial charge is 0.237 e. The van der Waals surface area contributed by atoms with Gasteiger partial charge in [-0.25, -0.2) is 4.68 Å². The number of carbonyl (C=O) groups excluding carboxylic acids is 2. The minimum absolute atomic E-state index is 0.0429. The van der Waals surface area contributed by atoms with Gasteiger partial charge in [0.25, 0.3) is 0 Å². The SMILES string of the molecule is CC(=O)c1cccc(NC(=O)C(C)Sc2nnnn2C)c1. The van der Waals surface area contributed by atoms with Crippen LogP contribution in [-0.4, -0.2) is 37.1 Å². The summed E-state index contributed by atoms with van der Waals surface area (Å²) in [7, 11) is 1.71. The fourth-order valence-corrected chi connectivity index (χ4v) is 2.35. The van der Waals surface area contributed by atoms with Crippen molar-refractivity contribution in [1.82, 2.24) is 20.2 Å². The lowest BCUT2D eigenvalue weighted by atomic mass is 10.1. The molecule has 0 aliphatic heterocycles. The zero-order valence-corrected chi connectivity index (χ0v) is 12.7. The van der Waals surface area contributed by atoms with Gasteiger partial charge in [-0.1, -0.05) is 23.9 Å². The van der Waals surface area contributed by atoms with Crippen molar-refractivity contribution in [3.63, 3.8) is 0 Å². The van der Waals surface area contributed by atoms with Crippen molar-refractivity contribution in [2.24, 2.45) is 7.05 Å². The molecular weight excluding hydrogens is 290 g/mol. The summed E-state index contributed by atoms with van der Waals surface area (Å²) in [6.07, 6.45) is 0. The maximum absolute atomic E-state index is 12.1. The number of hydrogen-bond donors (Lipinski definition) is 1. The molecule has 2 rings (SSSR count). The lowest BCUT2D eigenvalue weighted by Crippen LogP contribution is -2.23. The van der Waals surface area contributed by atoms with E-state index in [1.165, 1.54) is 23.4 Å². The van der Waals surface area contributed by atoms with Crippen molar-refractivity contribution < 1.29 is 9.59 Å². The number of Topliss-reactive ketones (excluding diaryl/α,β-unsaturated/α-hetero) is 1. The Hall–Kier alpha value is -2.22. The first-order chi connectivity index (χ1) is 9.97. The van der Waals surface area contributed by atoms with Crippen LogP contribution in [0.4, 0.5) is 5.69 Å². The van der Waals surface area contributed by atoms with E-state index < -0.39 is 0 Å². The van der Waals surface area contributed by atoms with E-state index in [0.717, 1.165) is 0 Å². The van der Waals surface area contributed by atoms with E-state index in [4.69, 9.17) is 0 Å². The number of anilines is 1. The monoisotopic (exact) mass is 305 g/mol. The van der Waals surface area contributed by atoms with Gasteiger partial charge in [0.2, 0.25) is 11.1 Å². The van der Waals surface area contributed by atoms with Gasteiger partial charge in [0, 0.05) is 18.3 Å². The van der Waals surface area contributed by atoms with E-state index in [1.807, 2.05) is 0 Å². The van der Waals surface area contributed by atoms with Gasteiger partial charge in [-0.05, 0) is 36.4 Å². The molecule has 0 aliphatic carbocycles. The molecule has 0 aliphatic rings. The molecule has 1 heterocycles. The number of thioether (sulfide) groups is 1. The highest BCUT2D eigenvalue weighted by molar-refractivity contribution is 8.00. The van der Waals surface area contributed by atoms with Crippen LogP contribution in [0.1, 0.15) is 24.2 Å². The van der Waals surface area contributed by atoms with Gasteiger partial charge in [0.1, 0.15) is 0 Å². The molecule has 110 valence electrons. The van der Waals surface area contributed by atoms with E-state index in [-0.39, 0.29) is 16.9 Å². The van der Waals surface area contributed by atoms with Gasteiger partial charge in [-0.15, -0.1) is 5.10 Å². The Morgan fingerprint density at radius 3 is 2.76 bits per heavy atom. The molecule has 1 amide bonds. The number of aromatic nitrogens is 4. The number of tetrazole rings is 1. The van der Waals surface area contributed by atoms with Crippen LogP contribution in [0.5, 0.6) is 0 Å². The van der Waals surface area contributed by atoms with Crippen molar-refractivity contribution in [3.05, 3.63) is 29.8 Å². The molecule has 2 aromatic rings. The number of rotatable bonds is 5. The molecule has 0 bridgehead atoms. The molecule has 0 spiro atoms. The third kappa shape index (κ3) is 3.88. The molecule has 1 atom stereocenters. The Balaban J connectivity index is 2.02. The van der Waals surface area contributed by atoms with Crippen LogP contribution in [0.3, 0.4) is 0 Å². The average molecular weight is 305 g/mol. The third-order valence-electron chi connectivity index (χ3n) is 2.77. The topological polar surface area (TPSA) is 89.8 Å². The molecule has 0 saturated heterocycles. The Morgan fingerprint density at radius 1 is 1.38 bits per heavy atom. The number of benzene rings is 1. The zero-order valence-electron chi connectivity index (χ0n) is 11.9. The molecule has 0 saturated carbocycles. The van der Waals surface area contributed by atoms with E-state index in [9.17, 15) is 9.59 Å². The largest absolute Gasteiger partial charge is 0.325 e. The highest BCUT2D eigenvalue weighted by Crippen LogP contribution is 2.21. The fraction of sp³-hybridized carbons (Fsp3) is 0.308. The molecule has 0 radical (unpaired) electrons. The average Bonchev–Trinajstić information content (AvgIpc) is 2.84. The summed E-state index contributed by atoms with van der Waals surface area (Å²) >= 11 is 1.26. The van der Waals surface area contributed by atoms with Crippen molar-refractivity contribution in [2.75, 3.05) is 5.32 Å². The Bertz CT molecular complexity index is 670. The standard InChI is InChI=1S/C13H15N5O2S/c1-8(19)10-5-4-6-11(7-10)14-12(20)9(2)21-13-15-16-17-18(13)3/h4-7,9H,1-3H3,(H,14,20). The number of carbonyl (C=O) groups is 2. The molecule has 21 heavy (non-hydrogen) atoms. The molecule has 1 N–H and O–H groups in total. The molecule has 1 aromatic carbocycles. The van der Waals surface area contributed by atoms with Crippen LogP contribution in [0.2, 0.25) is 0 Å². The van der Waals surface area contributed by atoms with Gasteiger partial charge in [-0.2, -0.15) is 0 Å². The highest BCUT2D eigenvalue weighted by Gasteiger charge is 2.18. The van der Waals surface area contributed by atoms with Crippen LogP contribution >= 0.6 is 11.8 Å². The Morgan fingerprint density at radius 2 is 2.14 bits per heavy atom. The van der Waals surface area contributed by atoms with Crippen molar-refractivity contribution in [2.45, 2.75) is 24.3 Å². The van der Waals surface area contributed by atoms with Gasteiger partial charge in [0.05, 0.1) is 5.25 Å². The summed E-state index contributed by atoms with van der Waals surface area (Å²) in [5.41, 5.74) is 1.15. The second kappa shape index (κ2) is 6.49. The van der Waals surface area contributed by atoms with E-state index in [0.29, 0.717) is 16.4 Å². The second-order valence-corrected chi connectivity index (χ2v) is 5.78. The summed E-state index contributed by atoms with van der Waals surface area (Å²) in [4.78, 5) is 23.5. The van der Waals surface area contributed by atoms with E-state index in [2.05, 4.69) is 20.8 Å². The Kier molecular flexibility index (Phi) is 4.69. The lowest BCUT2D eigenvalue weighted by Gasteiger charge is -2.11. The molecule has 0 fully saturated rings. The van der Waals surface area contributed by atoms with Crippen molar-refractivity contribution >= 4 is 29.1 Å². The predicted octanol–water partition coefficient (Wildman–Crippen LogP) is 1.53. The lowest BCUT2D eigenvalue weighted by molar-refractivity contribution is -0.115. The molecular formula is C13H15N5O2S. The van der Waals surface area contributed by atoms with Crippen LogP contribution < -0.4 is 5.32 Å². The summed E-state index contributed by atoms with van der Waals surface area (Å²) < 4.78 is 1.50. The molecule has 1 unspecified atom stereocenters. The maximum Gasteiger partial charge on any atom is 0.237 e. The first kappa shape index (κ1) is 15.2. The number of ketones is 1. The number of nitrogens with one attached hydrogen (secondary N) is 1. The molecule has 7 nitrogen and oxygen atoms in total. The maximum atomic E-state index is 12.1. The van der Waals surface area contributed by atoms with Crippen LogP contribution in [0, 0.1) is 0 Å². The normalized spacial score (nSPS) is 12.0. The van der Waals surface area contributed by atoms with Gasteiger partial charge in [0.15, 0.2) is 5.78 Å². The van der Waals surface area contributed by atoms with Crippen molar-refractivity contribution in [3.8, 4) is 0 Å². The summed E-state index contributed by atoms with van der Waals surface area (Å²) in [6, 6.07) is 6.84. The van der Waals surface area contributed by atoms with Crippen molar-refractivity contribution in [1.29, 1.82) is 0 Å². The number of nitrogens with zero attached hydrogens (tertiary/aromatic N) is 4. The predicted molar refractivity (Wildman–Crippen MR) is 79.2 cm³/mol. The first-order valence-corrected chi connectivity index (χ1v) is 7.16. The third-order valence-corrected chi connectivity index (χ3v) is 3.89. The number of hydrogen-bond acceptors (Lipinski definition) is 6. The minimum atomic E-state index is -0.365. The van der Waals surface area contributed by atoms with Crippen LogP contribution in [0.25, 0.3) is 0 Å². The summed E-state index contributed by atoms with van der Waals surface area (Å²) in [5, 5.41) is 14.0. The fourth-order valence-electron chi connectivity index (χ4n) is 1.59.